The molecule has 3 heterocycles. The zero-order valence-electron chi connectivity index (χ0n) is 10.7. The van der Waals surface area contributed by atoms with E-state index in [2.05, 4.69) is 10.1 Å². The van der Waals surface area contributed by atoms with Crippen LogP contribution in [0.1, 0.15) is 12.6 Å². The molecule has 0 aromatic carbocycles. The molecule has 0 atom stereocenters. The second-order valence-corrected chi connectivity index (χ2v) is 4.35. The van der Waals surface area contributed by atoms with E-state index in [1.54, 1.807) is 29.1 Å². The topological polar surface area (TPSA) is 52.7 Å². The molecule has 5 heteroatoms. The molecule has 0 unspecified atom stereocenters. The molecule has 0 N–H and O–H groups in total. The lowest BCUT2D eigenvalue weighted by Crippen LogP contribution is -2.20. The summed E-state index contributed by atoms with van der Waals surface area (Å²) in [5.41, 5.74) is 1.58. The van der Waals surface area contributed by atoms with Crippen molar-refractivity contribution in [3.05, 3.63) is 58.9 Å². The van der Waals surface area contributed by atoms with Crippen molar-refractivity contribution in [3.63, 3.8) is 0 Å². The quantitative estimate of drug-likeness (QED) is 0.714. The first-order chi connectivity index (χ1) is 9.28. The molecule has 0 fully saturated rings. The van der Waals surface area contributed by atoms with E-state index >= 15 is 0 Å². The Morgan fingerprint density at radius 3 is 2.89 bits per heavy atom. The van der Waals surface area contributed by atoms with Crippen molar-refractivity contribution in [1.82, 2.24) is 19.3 Å². The maximum absolute atomic E-state index is 12.3. The summed E-state index contributed by atoms with van der Waals surface area (Å²) in [6, 6.07) is 7.36. The van der Waals surface area contributed by atoms with Gasteiger partial charge in [0.15, 0.2) is 0 Å². The average molecular weight is 254 g/mol. The lowest BCUT2D eigenvalue weighted by molar-refractivity contribution is 0.632. The lowest BCUT2D eigenvalue weighted by Gasteiger charge is -2.04. The number of aromatic nitrogens is 4. The Morgan fingerprint density at radius 2 is 2.11 bits per heavy atom. The Kier molecular flexibility index (Phi) is 2.87. The molecular formula is C14H14N4O. The summed E-state index contributed by atoms with van der Waals surface area (Å²) in [6.45, 7) is 3.35. The van der Waals surface area contributed by atoms with Gasteiger partial charge in [0.05, 0.1) is 23.1 Å². The Bertz CT molecular complexity index is 772. The van der Waals surface area contributed by atoms with Gasteiger partial charge in [0, 0.05) is 25.1 Å². The van der Waals surface area contributed by atoms with Crippen LogP contribution in [0.3, 0.4) is 0 Å². The first-order valence-corrected chi connectivity index (χ1v) is 6.24. The zero-order chi connectivity index (χ0) is 13.2. The third-order valence-electron chi connectivity index (χ3n) is 3.09. The van der Waals surface area contributed by atoms with E-state index in [1.807, 2.05) is 29.9 Å². The Hall–Kier alpha value is -2.43. The molecule has 3 rings (SSSR count). The van der Waals surface area contributed by atoms with Gasteiger partial charge >= 0.3 is 0 Å². The van der Waals surface area contributed by atoms with Gasteiger partial charge in [-0.05, 0) is 31.2 Å². The summed E-state index contributed by atoms with van der Waals surface area (Å²) in [5, 5.41) is 5.03. The van der Waals surface area contributed by atoms with Crippen LogP contribution in [0.15, 0.2) is 47.7 Å². The molecule has 0 spiro atoms. The normalized spacial score (nSPS) is 11.0. The predicted molar refractivity (Wildman–Crippen MR) is 73.0 cm³/mol. The SMILES string of the molecule is CCn1ccc(Cn2ccc3ncccc3c2=O)n1. The van der Waals surface area contributed by atoms with Crippen LogP contribution >= 0.6 is 0 Å². The number of nitrogens with zero attached hydrogens (tertiary/aromatic N) is 4. The van der Waals surface area contributed by atoms with Crippen molar-refractivity contribution in [2.24, 2.45) is 0 Å². The molecule has 0 saturated carbocycles. The van der Waals surface area contributed by atoms with Crippen LogP contribution < -0.4 is 5.56 Å². The number of fused-ring (bicyclic) bond motifs is 1. The van der Waals surface area contributed by atoms with Gasteiger partial charge < -0.3 is 4.57 Å². The molecule has 0 bridgehead atoms. The first-order valence-electron chi connectivity index (χ1n) is 6.24. The number of aryl methyl sites for hydroxylation is 1. The van der Waals surface area contributed by atoms with Gasteiger partial charge in [-0.1, -0.05) is 0 Å². The Balaban J connectivity index is 2.01. The van der Waals surface area contributed by atoms with Crippen LogP contribution in [0.4, 0.5) is 0 Å². The summed E-state index contributed by atoms with van der Waals surface area (Å²) in [5.74, 6) is 0. The van der Waals surface area contributed by atoms with Gasteiger partial charge in [-0.3, -0.25) is 14.5 Å². The molecular weight excluding hydrogens is 240 g/mol. The van der Waals surface area contributed by atoms with Crippen LogP contribution in [0, 0.1) is 0 Å². The van der Waals surface area contributed by atoms with Crippen LogP contribution in [0.5, 0.6) is 0 Å². The number of pyridine rings is 2. The van der Waals surface area contributed by atoms with E-state index in [9.17, 15) is 4.79 Å². The van der Waals surface area contributed by atoms with Gasteiger partial charge in [0.25, 0.3) is 5.56 Å². The molecule has 0 radical (unpaired) electrons. The highest BCUT2D eigenvalue weighted by atomic mass is 16.1. The lowest BCUT2D eigenvalue weighted by atomic mass is 10.2. The van der Waals surface area contributed by atoms with Crippen LogP contribution in [0.25, 0.3) is 10.9 Å². The number of hydrogen-bond acceptors (Lipinski definition) is 3. The minimum Gasteiger partial charge on any atom is -0.309 e. The summed E-state index contributed by atoms with van der Waals surface area (Å²) in [7, 11) is 0. The summed E-state index contributed by atoms with van der Waals surface area (Å²) >= 11 is 0. The smallest absolute Gasteiger partial charge is 0.260 e. The van der Waals surface area contributed by atoms with E-state index in [1.165, 1.54) is 0 Å². The summed E-state index contributed by atoms with van der Waals surface area (Å²) in [4.78, 5) is 16.5. The zero-order valence-corrected chi connectivity index (χ0v) is 10.7. The molecule has 0 aliphatic rings. The minimum atomic E-state index is -0.0309. The van der Waals surface area contributed by atoms with E-state index < -0.39 is 0 Å². The van der Waals surface area contributed by atoms with Gasteiger partial charge in [-0.25, -0.2) is 0 Å². The molecule has 5 nitrogen and oxygen atoms in total. The minimum absolute atomic E-state index is 0.0309. The number of rotatable bonds is 3. The van der Waals surface area contributed by atoms with Crippen molar-refractivity contribution in [2.45, 2.75) is 20.0 Å². The van der Waals surface area contributed by atoms with Gasteiger partial charge in [0.2, 0.25) is 0 Å². The van der Waals surface area contributed by atoms with E-state index in [0.717, 1.165) is 17.8 Å². The molecule has 3 aromatic rings. The van der Waals surface area contributed by atoms with Gasteiger partial charge in [-0.15, -0.1) is 0 Å². The summed E-state index contributed by atoms with van der Waals surface area (Å²) < 4.78 is 3.51. The second kappa shape index (κ2) is 4.68. The Morgan fingerprint density at radius 1 is 1.21 bits per heavy atom. The van der Waals surface area contributed by atoms with E-state index in [0.29, 0.717) is 11.9 Å². The number of hydrogen-bond donors (Lipinski definition) is 0. The monoisotopic (exact) mass is 254 g/mol. The predicted octanol–water partition coefficient (Wildman–Crippen LogP) is 1.66. The standard InChI is InChI=1S/C14H14N4O/c1-2-18-9-5-11(16-18)10-17-8-6-13-12(14(17)19)4-3-7-15-13/h3-9H,2,10H2,1H3. The van der Waals surface area contributed by atoms with E-state index in [4.69, 9.17) is 0 Å². The molecule has 0 saturated heterocycles. The average Bonchev–Trinajstić information content (AvgIpc) is 2.90. The fourth-order valence-electron chi connectivity index (χ4n) is 2.08. The van der Waals surface area contributed by atoms with Crippen molar-refractivity contribution < 1.29 is 0 Å². The van der Waals surface area contributed by atoms with Crippen molar-refractivity contribution in [3.8, 4) is 0 Å². The highest BCUT2D eigenvalue weighted by Crippen LogP contribution is 2.06. The first kappa shape index (κ1) is 11.6. The highest BCUT2D eigenvalue weighted by molar-refractivity contribution is 5.76. The maximum Gasteiger partial charge on any atom is 0.260 e. The second-order valence-electron chi connectivity index (χ2n) is 4.35. The Labute approximate surface area is 110 Å². The molecule has 96 valence electrons. The van der Waals surface area contributed by atoms with Gasteiger partial charge in [0.1, 0.15) is 0 Å². The van der Waals surface area contributed by atoms with Crippen molar-refractivity contribution in [2.75, 3.05) is 0 Å². The fraction of sp³-hybridized carbons (Fsp3) is 0.214. The summed E-state index contributed by atoms with van der Waals surface area (Å²) in [6.07, 6.45) is 5.38. The molecule has 19 heavy (non-hydrogen) atoms. The molecule has 0 amide bonds. The van der Waals surface area contributed by atoms with Crippen LogP contribution in [-0.2, 0) is 13.1 Å². The maximum atomic E-state index is 12.3. The van der Waals surface area contributed by atoms with Gasteiger partial charge in [-0.2, -0.15) is 5.10 Å². The highest BCUT2D eigenvalue weighted by Gasteiger charge is 2.05. The molecule has 0 aliphatic carbocycles. The van der Waals surface area contributed by atoms with Crippen molar-refractivity contribution in [1.29, 1.82) is 0 Å². The van der Waals surface area contributed by atoms with Crippen molar-refractivity contribution >= 4 is 10.9 Å². The fourth-order valence-corrected chi connectivity index (χ4v) is 2.08. The molecule has 3 aromatic heterocycles. The largest absolute Gasteiger partial charge is 0.309 e. The third-order valence-corrected chi connectivity index (χ3v) is 3.09. The third kappa shape index (κ3) is 2.14. The van der Waals surface area contributed by atoms with Crippen LogP contribution in [0.2, 0.25) is 0 Å². The van der Waals surface area contributed by atoms with E-state index in [-0.39, 0.29) is 5.56 Å². The van der Waals surface area contributed by atoms with Crippen LogP contribution in [-0.4, -0.2) is 19.3 Å². The molecule has 0 aliphatic heterocycles.